The number of ether oxygens (including phenoxy) is 2. The molecule has 2 aliphatic rings. The Hall–Kier alpha value is -2.82. The Morgan fingerprint density at radius 2 is 2.00 bits per heavy atom. The molecule has 2 aromatic carbocycles. The molecule has 1 amide bonds. The average Bonchev–Trinajstić information content (AvgIpc) is 2.99. The highest BCUT2D eigenvalue weighted by Gasteiger charge is 2.51. The van der Waals surface area contributed by atoms with Crippen LogP contribution in [0.1, 0.15) is 23.5 Å². The lowest BCUT2D eigenvalue weighted by atomic mass is 9.78. The number of methoxy groups -OCH3 is 1. The third-order valence-corrected chi connectivity index (χ3v) is 4.96. The van der Waals surface area contributed by atoms with Crippen LogP contribution in [0.15, 0.2) is 48.5 Å². The van der Waals surface area contributed by atoms with E-state index in [1.165, 1.54) is 7.11 Å². The molecule has 0 aliphatic carbocycles. The molecule has 2 aromatic rings. The van der Waals surface area contributed by atoms with Gasteiger partial charge in [0.15, 0.2) is 6.23 Å². The molecule has 1 fully saturated rings. The zero-order valence-electron chi connectivity index (χ0n) is 14.1. The first-order chi connectivity index (χ1) is 12.1. The molecular formula is C20H19NO4. The van der Waals surface area contributed by atoms with Gasteiger partial charge >= 0.3 is 5.97 Å². The van der Waals surface area contributed by atoms with E-state index in [4.69, 9.17) is 9.47 Å². The molecule has 2 aliphatic heterocycles. The van der Waals surface area contributed by atoms with E-state index in [1.807, 2.05) is 55.5 Å². The molecule has 3 atom stereocenters. The fraction of sp³-hybridized carbons (Fsp3) is 0.300. The second-order valence-electron chi connectivity index (χ2n) is 6.51. The van der Waals surface area contributed by atoms with Crippen LogP contribution in [0, 0.1) is 12.8 Å². The summed E-state index contributed by atoms with van der Waals surface area (Å²) in [6.07, 6.45) is 0.153. The Bertz CT molecular complexity index is 847. The fourth-order valence-electron chi connectivity index (χ4n) is 3.82. The molecule has 0 spiro atoms. The van der Waals surface area contributed by atoms with Gasteiger partial charge in [-0.15, -0.1) is 0 Å². The molecule has 0 unspecified atom stereocenters. The minimum Gasteiger partial charge on any atom is -0.468 e. The van der Waals surface area contributed by atoms with Crippen LogP contribution >= 0.6 is 0 Å². The lowest BCUT2D eigenvalue weighted by Gasteiger charge is -2.37. The Kier molecular flexibility index (Phi) is 3.71. The minimum absolute atomic E-state index is 0.264. The molecule has 5 heteroatoms. The van der Waals surface area contributed by atoms with E-state index < -0.39 is 18.1 Å². The Morgan fingerprint density at radius 1 is 1.20 bits per heavy atom. The maximum Gasteiger partial charge on any atom is 0.318 e. The lowest BCUT2D eigenvalue weighted by Crippen LogP contribution is -2.53. The molecule has 25 heavy (non-hydrogen) atoms. The van der Waals surface area contributed by atoms with Crippen LogP contribution in [0.4, 0.5) is 5.69 Å². The third kappa shape index (κ3) is 2.47. The highest BCUT2D eigenvalue weighted by Crippen LogP contribution is 2.46. The van der Waals surface area contributed by atoms with Gasteiger partial charge in [-0.3, -0.25) is 14.5 Å². The van der Waals surface area contributed by atoms with Crippen LogP contribution in [0.5, 0.6) is 5.75 Å². The summed E-state index contributed by atoms with van der Waals surface area (Å²) in [4.78, 5) is 27.2. The third-order valence-electron chi connectivity index (χ3n) is 4.96. The van der Waals surface area contributed by atoms with Gasteiger partial charge in [0, 0.05) is 12.3 Å². The number of hydrogen-bond donors (Lipinski definition) is 0. The van der Waals surface area contributed by atoms with Gasteiger partial charge in [-0.05, 0) is 24.6 Å². The van der Waals surface area contributed by atoms with Crippen LogP contribution in [-0.4, -0.2) is 25.2 Å². The monoisotopic (exact) mass is 337 g/mol. The number of hydrogen-bond acceptors (Lipinski definition) is 4. The number of benzene rings is 2. The van der Waals surface area contributed by atoms with Gasteiger partial charge in [-0.2, -0.15) is 0 Å². The number of amides is 1. The summed E-state index contributed by atoms with van der Waals surface area (Å²) in [6, 6.07) is 15.3. The normalized spacial score (nSPS) is 24.3. The summed E-state index contributed by atoms with van der Waals surface area (Å²) < 4.78 is 10.9. The standard InChI is InChI=1S/C20H19NO4/c1-12-6-5-7-13(10-12)14-11-17-21(19(22)18(14)20(23)24-2)15-8-3-4-9-16(15)25-17/h3-10,14,17-18H,11H2,1-2H3/t14-,17+,18-/m1/s1. The summed E-state index contributed by atoms with van der Waals surface area (Å²) in [5.41, 5.74) is 2.77. The quantitative estimate of drug-likeness (QED) is 0.624. The number of para-hydroxylation sites is 2. The van der Waals surface area contributed by atoms with Crippen molar-refractivity contribution in [1.29, 1.82) is 0 Å². The molecule has 0 bridgehead atoms. The number of anilines is 1. The van der Waals surface area contributed by atoms with Crippen molar-refractivity contribution in [1.82, 2.24) is 0 Å². The van der Waals surface area contributed by atoms with Crippen molar-refractivity contribution >= 4 is 17.6 Å². The molecular weight excluding hydrogens is 318 g/mol. The van der Waals surface area contributed by atoms with Crippen LogP contribution in [0.3, 0.4) is 0 Å². The maximum absolute atomic E-state index is 13.2. The van der Waals surface area contributed by atoms with Crippen molar-refractivity contribution < 1.29 is 19.1 Å². The van der Waals surface area contributed by atoms with Crippen molar-refractivity contribution in [3.8, 4) is 5.75 Å². The summed E-state index contributed by atoms with van der Waals surface area (Å²) >= 11 is 0. The van der Waals surface area contributed by atoms with Crippen LogP contribution in [-0.2, 0) is 14.3 Å². The smallest absolute Gasteiger partial charge is 0.318 e. The maximum atomic E-state index is 13.2. The number of piperidine rings is 1. The highest BCUT2D eigenvalue weighted by molar-refractivity contribution is 6.09. The number of nitrogens with zero attached hydrogens (tertiary/aromatic N) is 1. The molecule has 4 rings (SSSR count). The number of carbonyl (C=O) groups excluding carboxylic acids is 2. The molecule has 0 radical (unpaired) electrons. The van der Waals surface area contributed by atoms with E-state index in [1.54, 1.807) is 4.90 Å². The molecule has 1 saturated heterocycles. The van der Waals surface area contributed by atoms with Gasteiger partial charge in [-0.1, -0.05) is 42.0 Å². The Morgan fingerprint density at radius 3 is 2.76 bits per heavy atom. The first-order valence-electron chi connectivity index (χ1n) is 8.33. The van der Waals surface area contributed by atoms with Gasteiger partial charge < -0.3 is 9.47 Å². The highest BCUT2D eigenvalue weighted by atomic mass is 16.5. The van der Waals surface area contributed by atoms with Crippen molar-refractivity contribution in [3.63, 3.8) is 0 Å². The predicted molar refractivity (Wildman–Crippen MR) is 92.4 cm³/mol. The summed E-state index contributed by atoms with van der Waals surface area (Å²) in [6.45, 7) is 2.00. The van der Waals surface area contributed by atoms with Gasteiger partial charge in [0.05, 0.1) is 12.8 Å². The summed E-state index contributed by atoms with van der Waals surface area (Å²) in [5.74, 6) is -1.22. The Balaban J connectivity index is 1.77. The van der Waals surface area contributed by atoms with E-state index >= 15 is 0 Å². The van der Waals surface area contributed by atoms with Gasteiger partial charge in [0.2, 0.25) is 5.91 Å². The van der Waals surface area contributed by atoms with Crippen molar-refractivity contribution in [3.05, 3.63) is 59.7 Å². The molecule has 0 N–H and O–H groups in total. The fourth-order valence-corrected chi connectivity index (χ4v) is 3.82. The number of carbonyl (C=O) groups is 2. The van der Waals surface area contributed by atoms with Crippen LogP contribution in [0.2, 0.25) is 0 Å². The van der Waals surface area contributed by atoms with Crippen LogP contribution in [0.25, 0.3) is 0 Å². The Labute approximate surface area is 146 Å². The molecule has 5 nitrogen and oxygen atoms in total. The molecule has 128 valence electrons. The predicted octanol–water partition coefficient (Wildman–Crippen LogP) is 3.02. The summed E-state index contributed by atoms with van der Waals surface area (Å²) in [7, 11) is 1.32. The minimum atomic E-state index is -0.863. The van der Waals surface area contributed by atoms with Crippen molar-refractivity contribution in [2.24, 2.45) is 5.92 Å². The summed E-state index contributed by atoms with van der Waals surface area (Å²) in [5, 5.41) is 0. The first kappa shape index (κ1) is 15.7. The van der Waals surface area contributed by atoms with Crippen LogP contribution < -0.4 is 9.64 Å². The zero-order chi connectivity index (χ0) is 17.6. The second kappa shape index (κ2) is 5.92. The largest absolute Gasteiger partial charge is 0.468 e. The number of fused-ring (bicyclic) bond motifs is 3. The SMILES string of the molecule is COC(=O)[C@H]1C(=O)N2c3ccccc3O[C@H]2C[C@@H]1c1cccc(C)c1. The molecule has 0 saturated carbocycles. The van der Waals surface area contributed by atoms with E-state index in [0.29, 0.717) is 17.9 Å². The van der Waals surface area contributed by atoms with Gasteiger partial charge in [0.1, 0.15) is 11.7 Å². The zero-order valence-corrected chi connectivity index (χ0v) is 14.1. The van der Waals surface area contributed by atoms with E-state index in [9.17, 15) is 9.59 Å². The van der Waals surface area contributed by atoms with Gasteiger partial charge in [-0.25, -0.2) is 0 Å². The number of esters is 1. The average molecular weight is 337 g/mol. The second-order valence-corrected chi connectivity index (χ2v) is 6.51. The molecule has 2 heterocycles. The van der Waals surface area contributed by atoms with Crippen molar-refractivity contribution in [2.45, 2.75) is 25.5 Å². The molecule has 0 aromatic heterocycles. The van der Waals surface area contributed by atoms with E-state index in [-0.39, 0.29) is 11.8 Å². The lowest BCUT2D eigenvalue weighted by molar-refractivity contribution is -0.152. The first-order valence-corrected chi connectivity index (χ1v) is 8.33. The van der Waals surface area contributed by atoms with E-state index in [2.05, 4.69) is 0 Å². The number of rotatable bonds is 2. The van der Waals surface area contributed by atoms with Gasteiger partial charge in [0.25, 0.3) is 0 Å². The number of aryl methyl sites for hydroxylation is 1. The van der Waals surface area contributed by atoms with E-state index in [0.717, 1.165) is 11.1 Å². The van der Waals surface area contributed by atoms with Crippen molar-refractivity contribution in [2.75, 3.05) is 12.0 Å². The topological polar surface area (TPSA) is 55.8 Å².